The van der Waals surface area contributed by atoms with E-state index in [-0.39, 0.29) is 17.3 Å². The quantitative estimate of drug-likeness (QED) is 0.829. The van der Waals surface area contributed by atoms with Gasteiger partial charge in [0.15, 0.2) is 11.5 Å². The molecular weight excluding hydrogens is 376 g/mol. The van der Waals surface area contributed by atoms with Gasteiger partial charge >= 0.3 is 0 Å². The standard InChI is InChI=1S/C24H24N4O2/c1-28-21(29)24(27-22(28)26)20-13-19(30-18-7-5-6-16(12-18)15-25)9-8-17(20)14-23(24)10-3-2-4-11-23/h5-9,12-13H,2-4,10-11,14H2,1H3,(H2,26,27). The largest absolute Gasteiger partial charge is 0.457 e. The van der Waals surface area contributed by atoms with Crippen molar-refractivity contribution in [2.75, 3.05) is 7.05 Å². The van der Waals surface area contributed by atoms with Crippen LogP contribution >= 0.6 is 0 Å². The van der Waals surface area contributed by atoms with E-state index in [0.29, 0.717) is 17.1 Å². The number of hydrogen-bond acceptors (Lipinski definition) is 5. The molecule has 6 nitrogen and oxygen atoms in total. The van der Waals surface area contributed by atoms with E-state index < -0.39 is 5.54 Å². The summed E-state index contributed by atoms with van der Waals surface area (Å²) in [4.78, 5) is 19.9. The number of carbonyl (C=O) groups excluding carboxylic acids is 1. The van der Waals surface area contributed by atoms with E-state index in [9.17, 15) is 4.79 Å². The topological polar surface area (TPSA) is 91.7 Å². The van der Waals surface area contributed by atoms with Crippen LogP contribution in [0.25, 0.3) is 0 Å². The van der Waals surface area contributed by atoms with Gasteiger partial charge in [-0.3, -0.25) is 9.69 Å². The Bertz CT molecular complexity index is 1110. The molecule has 0 bridgehead atoms. The van der Waals surface area contributed by atoms with Crippen molar-refractivity contribution in [1.82, 2.24) is 4.90 Å². The Morgan fingerprint density at radius 2 is 1.90 bits per heavy atom. The van der Waals surface area contributed by atoms with E-state index in [1.54, 1.807) is 25.2 Å². The van der Waals surface area contributed by atoms with Crippen molar-refractivity contribution in [1.29, 1.82) is 5.26 Å². The lowest BCUT2D eigenvalue weighted by molar-refractivity contribution is -0.136. The molecule has 2 aromatic rings. The summed E-state index contributed by atoms with van der Waals surface area (Å²) in [6, 6.07) is 15.1. The van der Waals surface area contributed by atoms with Gasteiger partial charge in [0.25, 0.3) is 5.91 Å². The van der Waals surface area contributed by atoms with Gasteiger partial charge in [-0.15, -0.1) is 0 Å². The van der Waals surface area contributed by atoms with Gasteiger partial charge in [0.05, 0.1) is 11.6 Å². The molecule has 1 atom stereocenters. The number of rotatable bonds is 2. The lowest BCUT2D eigenvalue weighted by Gasteiger charge is -2.43. The van der Waals surface area contributed by atoms with Gasteiger partial charge in [0.2, 0.25) is 0 Å². The fourth-order valence-electron chi connectivity index (χ4n) is 5.58. The molecule has 2 spiro atoms. The number of benzene rings is 2. The normalized spacial score (nSPS) is 24.1. The molecule has 2 aliphatic carbocycles. The summed E-state index contributed by atoms with van der Waals surface area (Å²) in [6.07, 6.45) is 6.18. The maximum absolute atomic E-state index is 13.6. The number of nitriles is 1. The number of hydrogen-bond donors (Lipinski definition) is 1. The molecule has 2 N–H and O–H groups in total. The maximum Gasteiger partial charge on any atom is 0.262 e. The first-order valence-electron chi connectivity index (χ1n) is 10.4. The first-order chi connectivity index (χ1) is 14.5. The highest BCUT2D eigenvalue weighted by molar-refractivity contribution is 6.08. The Hall–Kier alpha value is -3.33. The molecule has 1 amide bonds. The second-order valence-electron chi connectivity index (χ2n) is 8.62. The molecule has 0 saturated heterocycles. The summed E-state index contributed by atoms with van der Waals surface area (Å²) in [5.74, 6) is 1.47. The monoisotopic (exact) mass is 400 g/mol. The average molecular weight is 400 g/mol. The number of amides is 1. The first kappa shape index (κ1) is 18.7. The SMILES string of the molecule is CN1C(=O)C2(N=C1N)c1cc(Oc3cccc(C#N)c3)ccc1CC21CCCCC1. The van der Waals surface area contributed by atoms with Crippen LogP contribution in [0.1, 0.15) is 48.8 Å². The number of carbonyl (C=O) groups is 1. The number of fused-ring (bicyclic) bond motifs is 3. The predicted octanol–water partition coefficient (Wildman–Crippen LogP) is 3.84. The van der Waals surface area contributed by atoms with Crippen LogP contribution in [0.5, 0.6) is 11.5 Å². The number of aliphatic imine (C=N–C) groups is 1. The molecule has 0 radical (unpaired) electrons. The van der Waals surface area contributed by atoms with Gasteiger partial charge in [0.1, 0.15) is 11.5 Å². The van der Waals surface area contributed by atoms with Gasteiger partial charge in [-0.05, 0) is 60.7 Å². The summed E-state index contributed by atoms with van der Waals surface area (Å²) in [5.41, 5.74) is 7.57. The Morgan fingerprint density at radius 1 is 1.13 bits per heavy atom. The zero-order valence-electron chi connectivity index (χ0n) is 17.0. The smallest absolute Gasteiger partial charge is 0.262 e. The molecule has 5 rings (SSSR count). The lowest BCUT2D eigenvalue weighted by Crippen LogP contribution is -2.50. The molecule has 3 aliphatic rings. The number of likely N-dealkylation sites (N-methyl/N-ethyl adjacent to an activating group) is 1. The molecule has 30 heavy (non-hydrogen) atoms. The van der Waals surface area contributed by atoms with E-state index in [1.807, 2.05) is 18.2 Å². The Labute approximate surface area is 176 Å². The third-order valence-corrected chi connectivity index (χ3v) is 7.02. The van der Waals surface area contributed by atoms with Crippen molar-refractivity contribution < 1.29 is 9.53 Å². The van der Waals surface area contributed by atoms with Crippen molar-refractivity contribution in [3.05, 3.63) is 59.2 Å². The van der Waals surface area contributed by atoms with Crippen LogP contribution in [-0.4, -0.2) is 23.8 Å². The number of ether oxygens (including phenoxy) is 1. The molecular formula is C24H24N4O2. The Morgan fingerprint density at radius 3 is 2.60 bits per heavy atom. The van der Waals surface area contributed by atoms with Crippen LogP contribution < -0.4 is 10.5 Å². The van der Waals surface area contributed by atoms with E-state index in [2.05, 4.69) is 12.1 Å². The number of nitrogens with two attached hydrogens (primary N) is 1. The zero-order chi connectivity index (χ0) is 20.9. The van der Waals surface area contributed by atoms with Crippen LogP contribution in [-0.2, 0) is 16.8 Å². The van der Waals surface area contributed by atoms with Gasteiger partial charge in [0, 0.05) is 12.5 Å². The van der Waals surface area contributed by atoms with E-state index in [1.165, 1.54) is 11.3 Å². The number of guanidine groups is 1. The second kappa shape index (κ2) is 6.60. The van der Waals surface area contributed by atoms with Crippen LogP contribution in [0.3, 0.4) is 0 Å². The Balaban J connectivity index is 1.61. The number of nitrogens with zero attached hydrogens (tertiary/aromatic N) is 3. The molecule has 6 heteroatoms. The average Bonchev–Trinajstić information content (AvgIpc) is 3.15. The molecule has 0 aromatic heterocycles. The van der Waals surface area contributed by atoms with Gasteiger partial charge in [-0.2, -0.15) is 5.26 Å². The highest BCUT2D eigenvalue weighted by Crippen LogP contribution is 2.62. The van der Waals surface area contributed by atoms with Crippen LogP contribution in [0.15, 0.2) is 47.5 Å². The van der Waals surface area contributed by atoms with E-state index >= 15 is 0 Å². The summed E-state index contributed by atoms with van der Waals surface area (Å²) in [5, 5.41) is 9.14. The lowest BCUT2D eigenvalue weighted by atomic mass is 9.62. The minimum atomic E-state index is -0.963. The third-order valence-electron chi connectivity index (χ3n) is 7.02. The third kappa shape index (κ3) is 2.48. The molecule has 1 saturated carbocycles. The summed E-state index contributed by atoms with van der Waals surface area (Å²) in [7, 11) is 1.71. The van der Waals surface area contributed by atoms with E-state index in [0.717, 1.165) is 43.2 Å². The molecule has 152 valence electrons. The molecule has 1 aliphatic heterocycles. The minimum absolute atomic E-state index is 0.0377. The van der Waals surface area contributed by atoms with Crippen LogP contribution in [0.4, 0.5) is 0 Å². The highest BCUT2D eigenvalue weighted by Gasteiger charge is 2.65. The van der Waals surface area contributed by atoms with Crippen molar-refractivity contribution in [3.63, 3.8) is 0 Å². The second-order valence-corrected chi connectivity index (χ2v) is 8.62. The van der Waals surface area contributed by atoms with Crippen molar-refractivity contribution in [3.8, 4) is 17.6 Å². The van der Waals surface area contributed by atoms with Gasteiger partial charge < -0.3 is 10.5 Å². The highest BCUT2D eigenvalue weighted by atomic mass is 16.5. The first-order valence-corrected chi connectivity index (χ1v) is 10.4. The molecule has 1 heterocycles. The Kier molecular flexibility index (Phi) is 4.11. The molecule has 1 unspecified atom stereocenters. The van der Waals surface area contributed by atoms with Crippen LogP contribution in [0.2, 0.25) is 0 Å². The maximum atomic E-state index is 13.6. The predicted molar refractivity (Wildman–Crippen MR) is 113 cm³/mol. The van der Waals surface area contributed by atoms with Crippen molar-refractivity contribution >= 4 is 11.9 Å². The zero-order valence-corrected chi connectivity index (χ0v) is 17.0. The molecule has 2 aromatic carbocycles. The van der Waals surface area contributed by atoms with Crippen molar-refractivity contribution in [2.45, 2.75) is 44.1 Å². The summed E-state index contributed by atoms with van der Waals surface area (Å²) < 4.78 is 6.06. The van der Waals surface area contributed by atoms with E-state index in [4.69, 9.17) is 20.7 Å². The van der Waals surface area contributed by atoms with Gasteiger partial charge in [-0.1, -0.05) is 31.4 Å². The van der Waals surface area contributed by atoms with Crippen LogP contribution in [0, 0.1) is 16.7 Å². The minimum Gasteiger partial charge on any atom is -0.457 e. The molecule has 1 fully saturated rings. The fraction of sp³-hybridized carbons (Fsp3) is 0.375. The summed E-state index contributed by atoms with van der Waals surface area (Å²) >= 11 is 0. The van der Waals surface area contributed by atoms with Gasteiger partial charge in [-0.25, -0.2) is 4.99 Å². The fourth-order valence-corrected chi connectivity index (χ4v) is 5.58. The summed E-state index contributed by atoms with van der Waals surface area (Å²) in [6.45, 7) is 0. The van der Waals surface area contributed by atoms with Crippen molar-refractivity contribution in [2.24, 2.45) is 16.1 Å².